The number of ether oxygens (including phenoxy) is 2. The predicted octanol–water partition coefficient (Wildman–Crippen LogP) is 3.89. The molecule has 0 N–H and O–H groups in total. The summed E-state index contributed by atoms with van der Waals surface area (Å²) >= 11 is 0. The molecule has 2 aromatic rings. The molecule has 0 bridgehead atoms. The standard InChI is InChI=1S/C22H24O8/c1-25-17-11-5-3-9-15(17)21(23)29-27-19-13-7-8-14-20(19)28-30-22(24)16-10-4-6-12-18(16)26-2/h3-6,9-12,19-20H,7-8,13-14H2,1-2H3. The Morgan fingerprint density at radius 2 is 1.10 bits per heavy atom. The van der Waals surface area contributed by atoms with Gasteiger partial charge in [0, 0.05) is 0 Å². The highest BCUT2D eigenvalue weighted by molar-refractivity contribution is 5.92. The van der Waals surface area contributed by atoms with E-state index in [1.54, 1.807) is 48.5 Å². The third kappa shape index (κ3) is 5.28. The summed E-state index contributed by atoms with van der Waals surface area (Å²) in [5.41, 5.74) is 0.492. The SMILES string of the molecule is COc1ccccc1C(=O)OOC1CCCCC1OOC(=O)c1ccccc1OC. The van der Waals surface area contributed by atoms with Gasteiger partial charge in [-0.15, -0.1) is 0 Å². The molecule has 1 aliphatic rings. The van der Waals surface area contributed by atoms with Crippen LogP contribution < -0.4 is 9.47 Å². The first-order valence-electron chi connectivity index (χ1n) is 9.65. The van der Waals surface area contributed by atoms with E-state index in [1.807, 2.05) is 0 Å². The molecule has 2 unspecified atom stereocenters. The number of carbonyl (C=O) groups excluding carboxylic acids is 2. The Labute approximate surface area is 174 Å². The van der Waals surface area contributed by atoms with Crippen molar-refractivity contribution < 1.29 is 38.6 Å². The van der Waals surface area contributed by atoms with Crippen LogP contribution in [0.15, 0.2) is 48.5 Å². The van der Waals surface area contributed by atoms with Crippen molar-refractivity contribution in [1.82, 2.24) is 0 Å². The molecule has 0 saturated heterocycles. The molecule has 160 valence electrons. The highest BCUT2D eigenvalue weighted by Gasteiger charge is 2.32. The van der Waals surface area contributed by atoms with E-state index in [0.717, 1.165) is 12.8 Å². The van der Waals surface area contributed by atoms with E-state index in [1.165, 1.54) is 14.2 Å². The second-order valence-electron chi connectivity index (χ2n) is 6.70. The van der Waals surface area contributed by atoms with Crippen LogP contribution in [0.4, 0.5) is 0 Å². The Kier molecular flexibility index (Phi) is 7.64. The number of rotatable bonds is 8. The van der Waals surface area contributed by atoms with E-state index in [9.17, 15) is 9.59 Å². The van der Waals surface area contributed by atoms with Gasteiger partial charge in [0.05, 0.1) is 14.2 Å². The minimum absolute atomic E-state index is 0.246. The maximum Gasteiger partial charge on any atom is 0.376 e. The van der Waals surface area contributed by atoms with Crippen molar-refractivity contribution in [2.24, 2.45) is 0 Å². The maximum absolute atomic E-state index is 12.3. The van der Waals surface area contributed by atoms with Crippen LogP contribution in [0.5, 0.6) is 11.5 Å². The van der Waals surface area contributed by atoms with Gasteiger partial charge in [0.15, 0.2) is 0 Å². The Balaban J connectivity index is 1.57. The Morgan fingerprint density at radius 1 is 0.700 bits per heavy atom. The molecule has 0 spiro atoms. The Morgan fingerprint density at radius 3 is 1.50 bits per heavy atom. The van der Waals surface area contributed by atoms with E-state index >= 15 is 0 Å². The van der Waals surface area contributed by atoms with Gasteiger partial charge in [-0.3, -0.25) is 9.78 Å². The van der Waals surface area contributed by atoms with Gasteiger partial charge in [0.2, 0.25) is 0 Å². The van der Waals surface area contributed by atoms with Crippen molar-refractivity contribution in [2.45, 2.75) is 37.9 Å². The second kappa shape index (κ2) is 10.6. The third-order valence-electron chi connectivity index (χ3n) is 4.79. The van der Waals surface area contributed by atoms with Crippen LogP contribution in [0, 0.1) is 0 Å². The molecular formula is C22H24O8. The van der Waals surface area contributed by atoms with E-state index in [2.05, 4.69) is 0 Å². The maximum atomic E-state index is 12.3. The molecule has 2 atom stereocenters. The van der Waals surface area contributed by atoms with Crippen molar-refractivity contribution in [3.63, 3.8) is 0 Å². The van der Waals surface area contributed by atoms with Gasteiger partial charge in [-0.25, -0.2) is 9.59 Å². The largest absolute Gasteiger partial charge is 0.496 e. The smallest absolute Gasteiger partial charge is 0.376 e. The molecular weight excluding hydrogens is 392 g/mol. The van der Waals surface area contributed by atoms with Crippen molar-refractivity contribution in [3.05, 3.63) is 59.7 Å². The van der Waals surface area contributed by atoms with Gasteiger partial charge < -0.3 is 9.47 Å². The van der Waals surface area contributed by atoms with Crippen molar-refractivity contribution in [2.75, 3.05) is 14.2 Å². The lowest BCUT2D eigenvalue weighted by Gasteiger charge is -2.28. The van der Waals surface area contributed by atoms with E-state index in [-0.39, 0.29) is 11.1 Å². The number of carbonyl (C=O) groups is 2. The number of benzene rings is 2. The molecule has 3 rings (SSSR count). The lowest BCUT2D eigenvalue weighted by molar-refractivity contribution is -0.352. The summed E-state index contributed by atoms with van der Waals surface area (Å²) in [6.45, 7) is 0. The fourth-order valence-corrected chi connectivity index (χ4v) is 3.21. The van der Waals surface area contributed by atoms with Crippen molar-refractivity contribution >= 4 is 11.9 Å². The zero-order chi connectivity index (χ0) is 21.3. The van der Waals surface area contributed by atoms with Gasteiger partial charge in [0.25, 0.3) is 0 Å². The Bertz CT molecular complexity index is 794. The first kappa shape index (κ1) is 21.6. The fourth-order valence-electron chi connectivity index (χ4n) is 3.21. The summed E-state index contributed by atoms with van der Waals surface area (Å²) in [5, 5.41) is 0. The zero-order valence-corrected chi connectivity index (χ0v) is 16.9. The number of hydrogen-bond donors (Lipinski definition) is 0. The van der Waals surface area contributed by atoms with Gasteiger partial charge in [-0.05, 0) is 37.1 Å². The monoisotopic (exact) mass is 416 g/mol. The average molecular weight is 416 g/mol. The first-order valence-corrected chi connectivity index (χ1v) is 9.65. The summed E-state index contributed by atoms with van der Waals surface area (Å²) in [6, 6.07) is 13.4. The summed E-state index contributed by atoms with van der Waals surface area (Å²) in [7, 11) is 2.93. The summed E-state index contributed by atoms with van der Waals surface area (Å²) in [4.78, 5) is 45.4. The zero-order valence-electron chi connectivity index (χ0n) is 16.9. The highest BCUT2D eigenvalue weighted by Crippen LogP contribution is 2.26. The topological polar surface area (TPSA) is 89.5 Å². The Hall–Kier alpha value is -3.10. The summed E-state index contributed by atoms with van der Waals surface area (Å²) < 4.78 is 10.3. The number of methoxy groups -OCH3 is 2. The lowest BCUT2D eigenvalue weighted by Crippen LogP contribution is -2.36. The van der Waals surface area contributed by atoms with Crippen LogP contribution >= 0.6 is 0 Å². The van der Waals surface area contributed by atoms with Crippen LogP contribution in [0.3, 0.4) is 0 Å². The molecule has 1 saturated carbocycles. The van der Waals surface area contributed by atoms with Crippen LogP contribution in [0.1, 0.15) is 46.4 Å². The fraction of sp³-hybridized carbons (Fsp3) is 0.364. The van der Waals surface area contributed by atoms with Crippen LogP contribution in [-0.2, 0) is 19.6 Å². The van der Waals surface area contributed by atoms with E-state index in [0.29, 0.717) is 24.3 Å². The second-order valence-corrected chi connectivity index (χ2v) is 6.70. The van der Waals surface area contributed by atoms with Gasteiger partial charge >= 0.3 is 11.9 Å². The van der Waals surface area contributed by atoms with Crippen molar-refractivity contribution in [1.29, 1.82) is 0 Å². The number of para-hydroxylation sites is 2. The quantitative estimate of drug-likeness (QED) is 0.473. The molecule has 30 heavy (non-hydrogen) atoms. The molecule has 0 aliphatic heterocycles. The van der Waals surface area contributed by atoms with Crippen LogP contribution in [-0.4, -0.2) is 38.4 Å². The third-order valence-corrected chi connectivity index (χ3v) is 4.79. The van der Waals surface area contributed by atoms with Gasteiger partial charge in [-0.1, -0.05) is 37.1 Å². The minimum atomic E-state index is -0.678. The molecule has 8 nitrogen and oxygen atoms in total. The molecule has 0 aromatic heterocycles. The van der Waals surface area contributed by atoms with Gasteiger partial charge in [0.1, 0.15) is 34.8 Å². The van der Waals surface area contributed by atoms with Gasteiger partial charge in [-0.2, -0.15) is 9.78 Å². The molecule has 2 aromatic carbocycles. The average Bonchev–Trinajstić information content (AvgIpc) is 2.81. The van der Waals surface area contributed by atoms with Crippen molar-refractivity contribution in [3.8, 4) is 11.5 Å². The molecule has 1 fully saturated rings. The molecule has 1 aliphatic carbocycles. The molecule has 8 heteroatoms. The van der Waals surface area contributed by atoms with E-state index in [4.69, 9.17) is 29.0 Å². The summed E-state index contributed by atoms with van der Waals surface area (Å²) in [5.74, 6) is -0.591. The minimum Gasteiger partial charge on any atom is -0.496 e. The molecule has 0 amide bonds. The first-order chi connectivity index (χ1) is 14.6. The van der Waals surface area contributed by atoms with Crippen LogP contribution in [0.2, 0.25) is 0 Å². The van der Waals surface area contributed by atoms with E-state index < -0.39 is 24.1 Å². The lowest BCUT2D eigenvalue weighted by atomic mass is 9.95. The van der Waals surface area contributed by atoms with Crippen LogP contribution in [0.25, 0.3) is 0 Å². The summed E-state index contributed by atoms with van der Waals surface area (Å²) in [6.07, 6.45) is 1.80. The highest BCUT2D eigenvalue weighted by atomic mass is 17.2. The normalized spacial score (nSPS) is 18.3. The predicted molar refractivity (Wildman–Crippen MR) is 105 cm³/mol. The molecule has 0 radical (unpaired) electrons. The number of hydrogen-bond acceptors (Lipinski definition) is 8. The molecule has 0 heterocycles.